The summed E-state index contributed by atoms with van der Waals surface area (Å²) < 4.78 is 0. The van der Waals surface area contributed by atoms with Crippen LogP contribution < -0.4 is 22.1 Å². The van der Waals surface area contributed by atoms with E-state index in [2.05, 4.69) is 20.6 Å². The lowest BCUT2D eigenvalue weighted by molar-refractivity contribution is 0.0996. The number of nitrogens with zero attached hydrogens (tertiary/aromatic N) is 2. The van der Waals surface area contributed by atoms with E-state index < -0.39 is 5.91 Å². The van der Waals surface area contributed by atoms with Crippen molar-refractivity contribution in [2.45, 2.75) is 44.7 Å². The van der Waals surface area contributed by atoms with Crippen LogP contribution in [0, 0.1) is 6.92 Å². The predicted molar refractivity (Wildman–Crippen MR) is 78.7 cm³/mol. The van der Waals surface area contributed by atoms with Crippen molar-refractivity contribution in [1.82, 2.24) is 9.97 Å². The average molecular weight is 278 g/mol. The zero-order valence-corrected chi connectivity index (χ0v) is 11.9. The Morgan fingerprint density at radius 1 is 1.25 bits per heavy atom. The maximum absolute atomic E-state index is 11.3. The molecule has 20 heavy (non-hydrogen) atoms. The number of nitrogens with one attached hydrogen (secondary N) is 2. The zero-order valence-electron chi connectivity index (χ0n) is 11.9. The highest BCUT2D eigenvalue weighted by atomic mass is 16.1. The second kappa shape index (κ2) is 6.04. The largest absolute Gasteiger partial charge is 0.371 e. The van der Waals surface area contributed by atoms with Crippen molar-refractivity contribution in [3.05, 3.63) is 11.4 Å². The summed E-state index contributed by atoms with van der Waals surface area (Å²) in [6.45, 7) is 1.80. The molecule has 0 aliphatic heterocycles. The number of aromatic nitrogens is 2. The summed E-state index contributed by atoms with van der Waals surface area (Å²) in [6.07, 6.45) is 4.37. The van der Waals surface area contributed by atoms with Crippen molar-refractivity contribution >= 4 is 17.5 Å². The standard InChI is InChI=1S/C13H22N6O/c1-7-12(18-9-6-4-3-5-8(9)14)19-13(16-2)10(17-7)11(15)20/h8-9H,3-6,14H2,1-2H3,(H2,15,20)(H2,16,18,19). The third-order valence-corrected chi connectivity index (χ3v) is 3.68. The maximum Gasteiger partial charge on any atom is 0.271 e. The third kappa shape index (κ3) is 2.98. The van der Waals surface area contributed by atoms with Gasteiger partial charge in [0.2, 0.25) is 0 Å². The summed E-state index contributed by atoms with van der Waals surface area (Å²) in [5, 5.41) is 6.20. The zero-order chi connectivity index (χ0) is 14.7. The molecule has 7 heteroatoms. The van der Waals surface area contributed by atoms with Crippen LogP contribution in [0.1, 0.15) is 41.9 Å². The van der Waals surface area contributed by atoms with Crippen LogP contribution in [0.3, 0.4) is 0 Å². The molecule has 6 N–H and O–H groups in total. The first-order chi connectivity index (χ1) is 9.52. The van der Waals surface area contributed by atoms with Gasteiger partial charge in [0.1, 0.15) is 5.82 Å². The van der Waals surface area contributed by atoms with Gasteiger partial charge in [-0.25, -0.2) is 9.97 Å². The van der Waals surface area contributed by atoms with Crippen molar-refractivity contribution in [3.8, 4) is 0 Å². The topological polar surface area (TPSA) is 119 Å². The van der Waals surface area contributed by atoms with Gasteiger partial charge in [0.15, 0.2) is 11.5 Å². The van der Waals surface area contributed by atoms with Gasteiger partial charge in [-0.2, -0.15) is 0 Å². The van der Waals surface area contributed by atoms with Crippen molar-refractivity contribution < 1.29 is 4.79 Å². The number of nitrogens with two attached hydrogens (primary N) is 2. The second-order valence-corrected chi connectivity index (χ2v) is 5.17. The number of hydrogen-bond acceptors (Lipinski definition) is 6. The molecule has 1 aliphatic rings. The molecule has 1 fully saturated rings. The van der Waals surface area contributed by atoms with E-state index in [1.807, 2.05) is 0 Å². The Kier molecular flexibility index (Phi) is 4.39. The van der Waals surface area contributed by atoms with Crippen molar-refractivity contribution in [2.75, 3.05) is 17.7 Å². The Morgan fingerprint density at radius 3 is 2.55 bits per heavy atom. The molecule has 2 rings (SSSR count). The highest BCUT2D eigenvalue weighted by Gasteiger charge is 2.23. The molecule has 7 nitrogen and oxygen atoms in total. The van der Waals surface area contributed by atoms with Crippen molar-refractivity contribution in [1.29, 1.82) is 0 Å². The molecule has 110 valence electrons. The fourth-order valence-corrected chi connectivity index (χ4v) is 2.52. The van der Waals surface area contributed by atoms with Crippen LogP contribution in [0.4, 0.5) is 11.6 Å². The minimum absolute atomic E-state index is 0.124. The Morgan fingerprint density at radius 2 is 1.95 bits per heavy atom. The number of anilines is 2. The van der Waals surface area contributed by atoms with E-state index in [0.717, 1.165) is 19.3 Å². The van der Waals surface area contributed by atoms with E-state index in [-0.39, 0.29) is 17.8 Å². The average Bonchev–Trinajstić information content (AvgIpc) is 2.42. The molecule has 0 saturated heterocycles. The van der Waals surface area contributed by atoms with E-state index >= 15 is 0 Å². The first kappa shape index (κ1) is 14.5. The molecule has 1 aliphatic carbocycles. The normalized spacial score (nSPS) is 22.4. The monoisotopic (exact) mass is 278 g/mol. The van der Waals surface area contributed by atoms with Crippen LogP contribution in [0.25, 0.3) is 0 Å². The summed E-state index contributed by atoms with van der Waals surface area (Å²) >= 11 is 0. The van der Waals surface area contributed by atoms with Gasteiger partial charge in [-0.3, -0.25) is 4.79 Å². The van der Waals surface area contributed by atoms with Gasteiger partial charge in [-0.15, -0.1) is 0 Å². The highest BCUT2D eigenvalue weighted by Crippen LogP contribution is 2.23. The lowest BCUT2D eigenvalue weighted by atomic mass is 9.91. The number of carbonyl (C=O) groups is 1. The molecule has 0 bridgehead atoms. The van der Waals surface area contributed by atoms with Crippen LogP contribution in [-0.2, 0) is 0 Å². The highest BCUT2D eigenvalue weighted by molar-refractivity contribution is 5.95. The Hall–Kier alpha value is -1.89. The summed E-state index contributed by atoms with van der Waals surface area (Å²) in [7, 11) is 1.68. The smallest absolute Gasteiger partial charge is 0.271 e. The van der Waals surface area contributed by atoms with E-state index in [4.69, 9.17) is 11.5 Å². The van der Waals surface area contributed by atoms with Gasteiger partial charge in [0.05, 0.1) is 5.69 Å². The molecule has 0 spiro atoms. The molecular formula is C13H22N6O. The van der Waals surface area contributed by atoms with Gasteiger partial charge in [-0.1, -0.05) is 12.8 Å². The number of primary amides is 1. The van der Waals surface area contributed by atoms with E-state index in [1.165, 1.54) is 6.42 Å². The number of amides is 1. The number of aryl methyl sites for hydroxylation is 1. The van der Waals surface area contributed by atoms with Crippen LogP contribution >= 0.6 is 0 Å². The lowest BCUT2D eigenvalue weighted by Crippen LogP contribution is -2.43. The van der Waals surface area contributed by atoms with Gasteiger partial charge in [0.25, 0.3) is 5.91 Å². The van der Waals surface area contributed by atoms with Gasteiger partial charge in [0, 0.05) is 19.1 Å². The predicted octanol–water partition coefficient (Wildman–Crippen LogP) is 0.607. The second-order valence-electron chi connectivity index (χ2n) is 5.17. The molecule has 0 aromatic carbocycles. The summed E-state index contributed by atoms with van der Waals surface area (Å²) in [4.78, 5) is 20.0. The molecule has 2 unspecified atom stereocenters. The van der Waals surface area contributed by atoms with Gasteiger partial charge >= 0.3 is 0 Å². The fraction of sp³-hybridized carbons (Fsp3) is 0.615. The molecule has 1 heterocycles. The van der Waals surface area contributed by atoms with E-state index in [9.17, 15) is 4.79 Å². The first-order valence-electron chi connectivity index (χ1n) is 6.91. The van der Waals surface area contributed by atoms with Crippen molar-refractivity contribution in [2.24, 2.45) is 11.5 Å². The van der Waals surface area contributed by atoms with E-state index in [1.54, 1.807) is 14.0 Å². The summed E-state index contributed by atoms with van der Waals surface area (Å²) in [5.41, 5.74) is 12.2. The third-order valence-electron chi connectivity index (χ3n) is 3.68. The molecule has 1 aromatic rings. The quantitative estimate of drug-likeness (QED) is 0.640. The number of hydrogen-bond donors (Lipinski definition) is 4. The molecule has 1 saturated carbocycles. The van der Waals surface area contributed by atoms with Crippen molar-refractivity contribution in [3.63, 3.8) is 0 Å². The van der Waals surface area contributed by atoms with Gasteiger partial charge < -0.3 is 22.1 Å². The van der Waals surface area contributed by atoms with Crippen LogP contribution in [0.15, 0.2) is 0 Å². The van der Waals surface area contributed by atoms with Crippen LogP contribution in [0.5, 0.6) is 0 Å². The van der Waals surface area contributed by atoms with Crippen LogP contribution in [-0.4, -0.2) is 35.0 Å². The maximum atomic E-state index is 11.3. The molecule has 2 atom stereocenters. The lowest BCUT2D eigenvalue weighted by Gasteiger charge is -2.30. The van der Waals surface area contributed by atoms with E-state index in [0.29, 0.717) is 17.3 Å². The van der Waals surface area contributed by atoms with Crippen LogP contribution in [0.2, 0.25) is 0 Å². The molecule has 0 radical (unpaired) electrons. The molecule has 1 aromatic heterocycles. The minimum Gasteiger partial charge on any atom is -0.371 e. The Labute approximate surface area is 118 Å². The first-order valence-corrected chi connectivity index (χ1v) is 6.91. The molecule has 1 amide bonds. The molecular weight excluding hydrogens is 256 g/mol. The summed E-state index contributed by atoms with van der Waals surface area (Å²) in [6, 6.07) is 0.319. The fourth-order valence-electron chi connectivity index (χ4n) is 2.52. The van der Waals surface area contributed by atoms with Gasteiger partial charge in [-0.05, 0) is 19.8 Å². The Bertz CT molecular complexity index is 504. The minimum atomic E-state index is -0.592. The number of carbonyl (C=O) groups excluding carboxylic acids is 1. The SMILES string of the molecule is CNc1nc(NC2CCCCC2N)c(C)nc1C(N)=O. The summed E-state index contributed by atoms with van der Waals surface area (Å²) in [5.74, 6) is 0.447. The Balaban J connectivity index is 2.25. The number of rotatable bonds is 4.